The van der Waals surface area contributed by atoms with Gasteiger partial charge in [-0.25, -0.2) is 0 Å². The number of hydrazone groups is 1. The Bertz CT molecular complexity index is 416. The van der Waals surface area contributed by atoms with Gasteiger partial charge >= 0.3 is 0 Å². The zero-order chi connectivity index (χ0) is 12.3. The Labute approximate surface area is 108 Å². The van der Waals surface area contributed by atoms with Crippen LogP contribution in [0.2, 0.25) is 5.02 Å². The molecule has 0 atom stereocenters. The molecule has 1 fully saturated rings. The number of hydrogen-bond acceptors (Lipinski definition) is 2. The number of hydrogen-bond donors (Lipinski definition) is 1. The van der Waals surface area contributed by atoms with E-state index in [4.69, 9.17) is 11.6 Å². The van der Waals surface area contributed by atoms with Gasteiger partial charge in [-0.1, -0.05) is 24.6 Å². The molecule has 1 aliphatic rings. The SMILES string of the molecule is Cc1ccc(NN=C2CCC(C)CC2)cc1Cl. The highest BCUT2D eigenvalue weighted by Crippen LogP contribution is 2.23. The molecule has 0 radical (unpaired) electrons. The van der Waals surface area contributed by atoms with Gasteiger partial charge in [0.25, 0.3) is 0 Å². The third kappa shape index (κ3) is 3.47. The molecule has 0 bridgehead atoms. The first-order chi connectivity index (χ1) is 8.15. The lowest BCUT2D eigenvalue weighted by Gasteiger charge is -2.18. The van der Waals surface area contributed by atoms with Crippen LogP contribution in [0.5, 0.6) is 0 Å². The summed E-state index contributed by atoms with van der Waals surface area (Å²) in [4.78, 5) is 0. The highest BCUT2D eigenvalue weighted by molar-refractivity contribution is 6.31. The predicted molar refractivity (Wildman–Crippen MR) is 74.9 cm³/mol. The lowest BCUT2D eigenvalue weighted by molar-refractivity contribution is 0.483. The molecule has 92 valence electrons. The van der Waals surface area contributed by atoms with Crippen LogP contribution in [0.25, 0.3) is 0 Å². The van der Waals surface area contributed by atoms with Crippen molar-refractivity contribution in [2.75, 3.05) is 5.43 Å². The lowest BCUT2D eigenvalue weighted by Crippen LogP contribution is -2.13. The first-order valence-corrected chi connectivity index (χ1v) is 6.60. The van der Waals surface area contributed by atoms with Crippen molar-refractivity contribution in [1.29, 1.82) is 0 Å². The van der Waals surface area contributed by atoms with E-state index in [0.29, 0.717) is 0 Å². The molecule has 0 amide bonds. The molecule has 1 aliphatic carbocycles. The number of nitrogens with zero attached hydrogens (tertiary/aromatic N) is 1. The number of nitrogens with one attached hydrogen (secondary N) is 1. The van der Waals surface area contributed by atoms with Crippen LogP contribution < -0.4 is 5.43 Å². The van der Waals surface area contributed by atoms with E-state index in [1.807, 2.05) is 25.1 Å². The molecule has 0 heterocycles. The summed E-state index contributed by atoms with van der Waals surface area (Å²) >= 11 is 6.07. The molecule has 1 aromatic rings. The first-order valence-electron chi connectivity index (χ1n) is 6.23. The molecular weight excluding hydrogens is 232 g/mol. The predicted octanol–water partition coefficient (Wildman–Crippen LogP) is 4.63. The average molecular weight is 251 g/mol. The monoisotopic (exact) mass is 250 g/mol. The second-order valence-electron chi connectivity index (χ2n) is 4.94. The summed E-state index contributed by atoms with van der Waals surface area (Å²) in [6.07, 6.45) is 4.76. The van der Waals surface area contributed by atoms with Gasteiger partial charge in [0.1, 0.15) is 0 Å². The Morgan fingerprint density at radius 3 is 2.65 bits per heavy atom. The summed E-state index contributed by atoms with van der Waals surface area (Å²) in [7, 11) is 0. The third-order valence-electron chi connectivity index (χ3n) is 3.37. The fraction of sp³-hybridized carbons (Fsp3) is 0.500. The van der Waals surface area contributed by atoms with Crippen molar-refractivity contribution in [2.45, 2.75) is 39.5 Å². The largest absolute Gasteiger partial charge is 0.279 e. The topological polar surface area (TPSA) is 24.4 Å². The second-order valence-corrected chi connectivity index (χ2v) is 5.34. The Morgan fingerprint density at radius 2 is 2.00 bits per heavy atom. The van der Waals surface area contributed by atoms with Gasteiger partial charge in [-0.05, 0) is 56.2 Å². The van der Waals surface area contributed by atoms with Gasteiger partial charge in [-0.3, -0.25) is 5.43 Å². The summed E-state index contributed by atoms with van der Waals surface area (Å²) in [6.45, 7) is 4.31. The quantitative estimate of drug-likeness (QED) is 0.761. The van der Waals surface area contributed by atoms with Crippen molar-refractivity contribution < 1.29 is 0 Å². The molecule has 0 saturated heterocycles. The van der Waals surface area contributed by atoms with E-state index in [1.165, 1.54) is 18.6 Å². The standard InChI is InChI=1S/C14H19ClN2/c1-10-3-6-12(7-4-10)16-17-13-8-5-11(2)14(15)9-13/h5,8-10,17H,3-4,6-7H2,1-2H3. The number of rotatable bonds is 2. The lowest BCUT2D eigenvalue weighted by atomic mass is 9.90. The fourth-order valence-corrected chi connectivity index (χ4v) is 2.19. The maximum Gasteiger partial charge on any atom is 0.0576 e. The summed E-state index contributed by atoms with van der Waals surface area (Å²) in [6, 6.07) is 5.94. The Balaban J connectivity index is 1.97. The zero-order valence-corrected chi connectivity index (χ0v) is 11.2. The number of aryl methyl sites for hydroxylation is 1. The van der Waals surface area contributed by atoms with Crippen molar-refractivity contribution in [1.82, 2.24) is 0 Å². The minimum absolute atomic E-state index is 0.785. The van der Waals surface area contributed by atoms with Gasteiger partial charge < -0.3 is 0 Å². The van der Waals surface area contributed by atoms with Crippen LogP contribution in [0.4, 0.5) is 5.69 Å². The van der Waals surface area contributed by atoms with Crippen molar-refractivity contribution in [3.8, 4) is 0 Å². The number of halogens is 1. The van der Waals surface area contributed by atoms with Crippen LogP contribution in [0.15, 0.2) is 23.3 Å². The van der Waals surface area contributed by atoms with Crippen LogP contribution in [0, 0.1) is 12.8 Å². The Hall–Kier alpha value is -1.02. The highest BCUT2D eigenvalue weighted by atomic mass is 35.5. The van der Waals surface area contributed by atoms with Crippen molar-refractivity contribution in [3.63, 3.8) is 0 Å². The molecule has 3 heteroatoms. The Morgan fingerprint density at radius 1 is 1.29 bits per heavy atom. The van der Waals surface area contributed by atoms with Gasteiger partial charge in [-0.2, -0.15) is 5.10 Å². The van der Waals surface area contributed by atoms with Gasteiger partial charge in [0.05, 0.1) is 5.69 Å². The van der Waals surface area contributed by atoms with Crippen LogP contribution in [0.3, 0.4) is 0 Å². The normalized spacial score (nSPS) is 20.2. The maximum absolute atomic E-state index is 6.07. The molecule has 0 unspecified atom stereocenters. The van der Waals surface area contributed by atoms with E-state index >= 15 is 0 Å². The minimum atomic E-state index is 0.785. The van der Waals surface area contributed by atoms with Crippen LogP contribution in [-0.2, 0) is 0 Å². The van der Waals surface area contributed by atoms with E-state index in [2.05, 4.69) is 17.5 Å². The third-order valence-corrected chi connectivity index (χ3v) is 3.77. The summed E-state index contributed by atoms with van der Waals surface area (Å²) < 4.78 is 0. The van der Waals surface area contributed by atoms with Crippen LogP contribution in [-0.4, -0.2) is 5.71 Å². The summed E-state index contributed by atoms with van der Waals surface area (Å²) in [5, 5.41) is 5.25. The molecular formula is C14H19ClN2. The molecule has 0 aromatic heterocycles. The summed E-state index contributed by atoms with van der Waals surface area (Å²) in [5.41, 5.74) is 6.44. The molecule has 0 spiro atoms. The van der Waals surface area contributed by atoms with Gasteiger partial charge in [0, 0.05) is 10.7 Å². The van der Waals surface area contributed by atoms with Crippen molar-refractivity contribution in [3.05, 3.63) is 28.8 Å². The van der Waals surface area contributed by atoms with Gasteiger partial charge in [0.15, 0.2) is 0 Å². The smallest absolute Gasteiger partial charge is 0.0576 e. The second kappa shape index (κ2) is 5.54. The number of anilines is 1. The van der Waals surface area contributed by atoms with E-state index in [1.54, 1.807) is 0 Å². The van der Waals surface area contributed by atoms with Gasteiger partial charge in [0.2, 0.25) is 0 Å². The van der Waals surface area contributed by atoms with Crippen LogP contribution in [0.1, 0.15) is 38.2 Å². The summed E-state index contributed by atoms with van der Waals surface area (Å²) in [5.74, 6) is 0.850. The molecule has 0 aliphatic heterocycles. The number of benzene rings is 1. The average Bonchev–Trinajstić information content (AvgIpc) is 2.33. The minimum Gasteiger partial charge on any atom is -0.279 e. The molecule has 1 aromatic carbocycles. The van der Waals surface area contributed by atoms with E-state index < -0.39 is 0 Å². The Kier molecular flexibility index (Phi) is 4.06. The van der Waals surface area contributed by atoms with E-state index in [0.717, 1.165) is 35.0 Å². The molecule has 1 saturated carbocycles. The molecule has 2 nitrogen and oxygen atoms in total. The fourth-order valence-electron chi connectivity index (χ4n) is 2.01. The van der Waals surface area contributed by atoms with E-state index in [-0.39, 0.29) is 0 Å². The molecule has 2 rings (SSSR count). The highest BCUT2D eigenvalue weighted by Gasteiger charge is 2.13. The van der Waals surface area contributed by atoms with Crippen LogP contribution >= 0.6 is 11.6 Å². The molecule has 17 heavy (non-hydrogen) atoms. The first kappa shape index (κ1) is 12.4. The maximum atomic E-state index is 6.07. The molecule has 1 N–H and O–H groups in total. The van der Waals surface area contributed by atoms with Gasteiger partial charge in [-0.15, -0.1) is 0 Å². The van der Waals surface area contributed by atoms with Crippen molar-refractivity contribution >= 4 is 23.0 Å². The van der Waals surface area contributed by atoms with Crippen molar-refractivity contribution in [2.24, 2.45) is 11.0 Å². The zero-order valence-electron chi connectivity index (χ0n) is 10.5. The van der Waals surface area contributed by atoms with E-state index in [9.17, 15) is 0 Å².